The van der Waals surface area contributed by atoms with Gasteiger partial charge < -0.3 is 15.4 Å². The highest BCUT2D eigenvalue weighted by Crippen LogP contribution is 2.31. The molecule has 2 aliphatic heterocycles. The molecule has 2 atom stereocenters. The molecule has 3 heteroatoms. The molecule has 0 aromatic rings. The molecular weight excluding hydrogens is 212 g/mol. The number of nitrogens with one attached hydrogen (secondary N) is 2. The maximum atomic E-state index is 5.62. The smallest absolute Gasteiger partial charge is 0.0645 e. The fraction of sp³-hybridized carbons (Fsp3) is 1.00. The normalized spacial score (nSPS) is 38.5. The van der Waals surface area contributed by atoms with Crippen LogP contribution >= 0.6 is 0 Å². The van der Waals surface area contributed by atoms with Crippen LogP contribution < -0.4 is 10.6 Å². The average Bonchev–Trinajstić information content (AvgIpc) is 2.78. The zero-order valence-electron chi connectivity index (χ0n) is 11.5. The molecule has 0 spiro atoms. The summed E-state index contributed by atoms with van der Waals surface area (Å²) in [7, 11) is 0. The first-order chi connectivity index (χ1) is 8.18. The van der Waals surface area contributed by atoms with Gasteiger partial charge in [-0.2, -0.15) is 0 Å². The summed E-state index contributed by atoms with van der Waals surface area (Å²) in [6.45, 7) is 9.95. The van der Waals surface area contributed by atoms with Gasteiger partial charge in [-0.15, -0.1) is 0 Å². The van der Waals surface area contributed by atoms with Crippen molar-refractivity contribution < 1.29 is 4.74 Å². The fourth-order valence-electron chi connectivity index (χ4n) is 3.25. The van der Waals surface area contributed by atoms with Crippen molar-refractivity contribution in [1.82, 2.24) is 10.6 Å². The Bertz CT molecular complexity index is 230. The number of hydrogen-bond donors (Lipinski definition) is 2. The van der Waals surface area contributed by atoms with E-state index in [1.54, 1.807) is 0 Å². The molecule has 0 saturated carbocycles. The summed E-state index contributed by atoms with van der Waals surface area (Å²) in [5.74, 6) is 0. The lowest BCUT2D eigenvalue weighted by molar-refractivity contribution is 0.0231. The van der Waals surface area contributed by atoms with Crippen LogP contribution in [-0.4, -0.2) is 38.4 Å². The summed E-state index contributed by atoms with van der Waals surface area (Å²) in [5, 5.41) is 7.33. The van der Waals surface area contributed by atoms with E-state index in [9.17, 15) is 0 Å². The van der Waals surface area contributed by atoms with Crippen molar-refractivity contribution in [2.45, 2.75) is 51.5 Å². The molecule has 0 aromatic carbocycles. The van der Waals surface area contributed by atoms with E-state index in [4.69, 9.17) is 4.74 Å². The zero-order valence-corrected chi connectivity index (χ0v) is 11.5. The first-order valence-electron chi connectivity index (χ1n) is 7.22. The van der Waals surface area contributed by atoms with Gasteiger partial charge in [0, 0.05) is 25.2 Å². The Morgan fingerprint density at radius 3 is 2.82 bits per heavy atom. The van der Waals surface area contributed by atoms with Gasteiger partial charge in [-0.05, 0) is 44.6 Å². The minimum Gasteiger partial charge on any atom is -0.380 e. The van der Waals surface area contributed by atoms with Crippen LogP contribution in [0.4, 0.5) is 0 Å². The van der Waals surface area contributed by atoms with Crippen LogP contribution in [0.15, 0.2) is 0 Å². The molecule has 0 aliphatic carbocycles. The van der Waals surface area contributed by atoms with Gasteiger partial charge in [-0.25, -0.2) is 0 Å². The van der Waals surface area contributed by atoms with E-state index in [0.29, 0.717) is 5.41 Å². The van der Waals surface area contributed by atoms with Crippen LogP contribution in [0.25, 0.3) is 0 Å². The average molecular weight is 240 g/mol. The summed E-state index contributed by atoms with van der Waals surface area (Å²) in [6, 6.07) is 0. The standard InChI is InChI=1S/C14H28N2O/c1-3-5-14(7-8-15-10-14)11-16-13(2)6-4-9-17-12-13/h15-16H,3-12H2,1-2H3. The van der Waals surface area contributed by atoms with Crippen molar-refractivity contribution in [3.05, 3.63) is 0 Å². The van der Waals surface area contributed by atoms with Crippen LogP contribution in [0, 0.1) is 5.41 Å². The highest BCUT2D eigenvalue weighted by atomic mass is 16.5. The van der Waals surface area contributed by atoms with Crippen LogP contribution in [0.2, 0.25) is 0 Å². The van der Waals surface area contributed by atoms with E-state index in [-0.39, 0.29) is 5.54 Å². The largest absolute Gasteiger partial charge is 0.380 e. The molecule has 2 rings (SSSR count). The molecule has 2 aliphatic rings. The monoisotopic (exact) mass is 240 g/mol. The maximum absolute atomic E-state index is 5.62. The molecule has 0 aromatic heterocycles. The Morgan fingerprint density at radius 2 is 2.24 bits per heavy atom. The number of ether oxygens (including phenoxy) is 1. The first-order valence-corrected chi connectivity index (χ1v) is 7.22. The van der Waals surface area contributed by atoms with Crippen molar-refractivity contribution in [3.8, 4) is 0 Å². The van der Waals surface area contributed by atoms with Gasteiger partial charge in [0.15, 0.2) is 0 Å². The fourth-order valence-corrected chi connectivity index (χ4v) is 3.25. The molecule has 2 fully saturated rings. The number of hydrogen-bond acceptors (Lipinski definition) is 3. The lowest BCUT2D eigenvalue weighted by Crippen LogP contribution is -2.53. The summed E-state index contributed by atoms with van der Waals surface area (Å²) in [4.78, 5) is 0. The van der Waals surface area contributed by atoms with E-state index in [1.165, 1.54) is 45.2 Å². The lowest BCUT2D eigenvalue weighted by Gasteiger charge is -2.38. The van der Waals surface area contributed by atoms with Crippen molar-refractivity contribution in [3.63, 3.8) is 0 Å². The third-order valence-electron chi connectivity index (χ3n) is 4.44. The van der Waals surface area contributed by atoms with Crippen molar-refractivity contribution in [1.29, 1.82) is 0 Å². The van der Waals surface area contributed by atoms with E-state index >= 15 is 0 Å². The lowest BCUT2D eigenvalue weighted by atomic mass is 9.81. The minimum absolute atomic E-state index is 0.210. The predicted molar refractivity (Wildman–Crippen MR) is 71.3 cm³/mol. The summed E-state index contributed by atoms with van der Waals surface area (Å²) >= 11 is 0. The predicted octanol–water partition coefficient (Wildman–Crippen LogP) is 1.92. The molecule has 0 bridgehead atoms. The quantitative estimate of drug-likeness (QED) is 0.770. The number of rotatable bonds is 5. The Labute approximate surface area is 106 Å². The van der Waals surface area contributed by atoms with Gasteiger partial charge >= 0.3 is 0 Å². The molecular formula is C14H28N2O. The van der Waals surface area contributed by atoms with E-state index < -0.39 is 0 Å². The second kappa shape index (κ2) is 5.68. The van der Waals surface area contributed by atoms with Gasteiger partial charge in [0.1, 0.15) is 0 Å². The highest BCUT2D eigenvalue weighted by Gasteiger charge is 2.36. The molecule has 17 heavy (non-hydrogen) atoms. The van der Waals surface area contributed by atoms with Crippen LogP contribution in [0.5, 0.6) is 0 Å². The molecule has 100 valence electrons. The highest BCUT2D eigenvalue weighted by molar-refractivity contribution is 4.94. The topological polar surface area (TPSA) is 33.3 Å². The van der Waals surface area contributed by atoms with Crippen molar-refractivity contribution in [2.75, 3.05) is 32.8 Å². The third-order valence-corrected chi connectivity index (χ3v) is 4.44. The van der Waals surface area contributed by atoms with Crippen LogP contribution in [0.1, 0.15) is 46.0 Å². The van der Waals surface area contributed by atoms with Crippen LogP contribution in [-0.2, 0) is 4.74 Å². The van der Waals surface area contributed by atoms with E-state index in [1.807, 2.05) is 0 Å². The second-order valence-corrected chi connectivity index (χ2v) is 6.25. The third kappa shape index (κ3) is 3.43. The Balaban J connectivity index is 1.86. The van der Waals surface area contributed by atoms with Gasteiger partial charge in [0.2, 0.25) is 0 Å². The maximum Gasteiger partial charge on any atom is 0.0645 e. The molecule has 0 amide bonds. The van der Waals surface area contributed by atoms with E-state index in [0.717, 1.165) is 19.8 Å². The van der Waals surface area contributed by atoms with Crippen molar-refractivity contribution in [2.24, 2.45) is 5.41 Å². The summed E-state index contributed by atoms with van der Waals surface area (Å²) in [6.07, 6.45) is 6.40. The van der Waals surface area contributed by atoms with E-state index in [2.05, 4.69) is 24.5 Å². The summed E-state index contributed by atoms with van der Waals surface area (Å²) < 4.78 is 5.62. The SMILES string of the molecule is CCCC1(CNC2(C)CCCOC2)CCNC1. The van der Waals surface area contributed by atoms with Gasteiger partial charge in [-0.1, -0.05) is 13.3 Å². The first kappa shape index (κ1) is 13.3. The Morgan fingerprint density at radius 1 is 1.35 bits per heavy atom. The molecule has 2 saturated heterocycles. The molecule has 2 unspecified atom stereocenters. The van der Waals surface area contributed by atoms with Gasteiger partial charge in [0.25, 0.3) is 0 Å². The summed E-state index contributed by atoms with van der Waals surface area (Å²) in [5.41, 5.74) is 0.705. The Hall–Kier alpha value is -0.120. The molecule has 2 heterocycles. The van der Waals surface area contributed by atoms with Gasteiger partial charge in [-0.3, -0.25) is 0 Å². The molecule has 0 radical (unpaired) electrons. The second-order valence-electron chi connectivity index (χ2n) is 6.25. The van der Waals surface area contributed by atoms with Crippen molar-refractivity contribution >= 4 is 0 Å². The minimum atomic E-state index is 0.210. The zero-order chi connectivity index (χ0) is 12.2. The molecule has 3 nitrogen and oxygen atoms in total. The van der Waals surface area contributed by atoms with Crippen LogP contribution in [0.3, 0.4) is 0 Å². The van der Waals surface area contributed by atoms with Gasteiger partial charge in [0.05, 0.1) is 6.61 Å². The molecule has 2 N–H and O–H groups in total. The Kier molecular flexibility index (Phi) is 4.45.